The van der Waals surface area contributed by atoms with Crippen LogP contribution in [0.5, 0.6) is 0 Å². The van der Waals surface area contributed by atoms with Crippen molar-refractivity contribution in [3.8, 4) is 0 Å². The first-order valence-electron chi connectivity index (χ1n) is 9.12. The molecule has 0 aliphatic rings. The molecule has 4 nitrogen and oxygen atoms in total. The molecular formula is C21H26BrN3O. The highest BCUT2D eigenvalue weighted by Crippen LogP contribution is 2.24. The number of halogens is 1. The Morgan fingerprint density at radius 1 is 1.15 bits per heavy atom. The van der Waals surface area contributed by atoms with Crippen molar-refractivity contribution in [1.82, 2.24) is 15.5 Å². The van der Waals surface area contributed by atoms with Crippen LogP contribution in [0.2, 0.25) is 0 Å². The number of fused-ring (bicyclic) bond motifs is 1. The smallest absolute Gasteiger partial charge is 0.0943 e. The van der Waals surface area contributed by atoms with E-state index in [9.17, 15) is 5.11 Å². The summed E-state index contributed by atoms with van der Waals surface area (Å²) in [5.74, 6) is 0.509. The lowest BCUT2D eigenvalue weighted by Crippen LogP contribution is -2.37. The molecule has 0 amide bonds. The van der Waals surface area contributed by atoms with Crippen LogP contribution in [0.3, 0.4) is 0 Å². The highest BCUT2D eigenvalue weighted by molar-refractivity contribution is 9.10. The summed E-state index contributed by atoms with van der Waals surface area (Å²) in [6, 6.07) is 14.2. The second-order valence-corrected chi connectivity index (χ2v) is 8.10. The number of aromatic nitrogens is 2. The Balaban J connectivity index is 1.66. The lowest BCUT2D eigenvalue weighted by molar-refractivity contribution is 0.117. The van der Waals surface area contributed by atoms with E-state index < -0.39 is 6.10 Å². The van der Waals surface area contributed by atoms with Crippen LogP contribution in [0.15, 0.2) is 53.1 Å². The Hall–Kier alpha value is -1.69. The number of hydrogen-bond acceptors (Lipinski definition) is 3. The summed E-state index contributed by atoms with van der Waals surface area (Å²) in [6.07, 6.45) is 3.19. The Kier molecular flexibility index (Phi) is 6.46. The first-order chi connectivity index (χ1) is 12.5. The molecule has 3 N–H and O–H groups in total. The predicted molar refractivity (Wildman–Crippen MR) is 110 cm³/mol. The summed E-state index contributed by atoms with van der Waals surface area (Å²) < 4.78 is 1.02. The van der Waals surface area contributed by atoms with Crippen LogP contribution < -0.4 is 5.32 Å². The Morgan fingerprint density at radius 2 is 1.92 bits per heavy atom. The number of benzene rings is 2. The van der Waals surface area contributed by atoms with Crippen LogP contribution in [0.25, 0.3) is 10.9 Å². The molecule has 0 radical (unpaired) electrons. The Labute approximate surface area is 163 Å². The molecule has 26 heavy (non-hydrogen) atoms. The van der Waals surface area contributed by atoms with Crippen molar-refractivity contribution in [2.45, 2.75) is 38.8 Å². The molecule has 2 aromatic carbocycles. The molecule has 2 atom stereocenters. The molecule has 0 fully saturated rings. The quantitative estimate of drug-likeness (QED) is 0.503. The highest BCUT2D eigenvalue weighted by atomic mass is 79.9. The van der Waals surface area contributed by atoms with E-state index in [1.807, 2.05) is 36.5 Å². The molecule has 1 aromatic heterocycles. The van der Waals surface area contributed by atoms with Gasteiger partial charge in [-0.2, -0.15) is 5.10 Å². The van der Waals surface area contributed by atoms with Crippen molar-refractivity contribution >= 4 is 26.8 Å². The summed E-state index contributed by atoms with van der Waals surface area (Å²) in [6.45, 7) is 5.19. The molecule has 138 valence electrons. The summed E-state index contributed by atoms with van der Waals surface area (Å²) in [5.41, 5.74) is 3.28. The van der Waals surface area contributed by atoms with E-state index in [1.54, 1.807) is 0 Å². The number of H-pyrrole nitrogens is 1. The van der Waals surface area contributed by atoms with E-state index in [1.165, 1.54) is 10.9 Å². The van der Waals surface area contributed by atoms with E-state index in [4.69, 9.17) is 0 Å². The van der Waals surface area contributed by atoms with Crippen molar-refractivity contribution < 1.29 is 5.11 Å². The van der Waals surface area contributed by atoms with Crippen molar-refractivity contribution in [2.24, 2.45) is 5.92 Å². The molecule has 3 aromatic rings. The van der Waals surface area contributed by atoms with Gasteiger partial charge in [-0.1, -0.05) is 54.0 Å². The average molecular weight is 416 g/mol. The monoisotopic (exact) mass is 415 g/mol. The van der Waals surface area contributed by atoms with Gasteiger partial charge in [0, 0.05) is 15.9 Å². The largest absolute Gasteiger partial charge is 0.387 e. The minimum Gasteiger partial charge on any atom is -0.387 e. The Bertz CT molecular complexity index is 829. The summed E-state index contributed by atoms with van der Waals surface area (Å²) in [4.78, 5) is 0. The number of aromatic amines is 1. The highest BCUT2D eigenvalue weighted by Gasteiger charge is 2.21. The lowest BCUT2D eigenvalue weighted by atomic mass is 9.94. The van der Waals surface area contributed by atoms with Crippen LogP contribution in [0.4, 0.5) is 0 Å². The average Bonchev–Trinajstić information content (AvgIpc) is 3.10. The molecule has 0 bridgehead atoms. The Morgan fingerprint density at radius 3 is 2.65 bits per heavy atom. The molecule has 1 heterocycles. The van der Waals surface area contributed by atoms with E-state index in [-0.39, 0.29) is 6.04 Å². The van der Waals surface area contributed by atoms with Crippen LogP contribution in [0.1, 0.15) is 37.5 Å². The normalized spacial score (nSPS) is 14.0. The zero-order chi connectivity index (χ0) is 18.5. The molecule has 0 saturated heterocycles. The molecule has 0 aliphatic heterocycles. The summed E-state index contributed by atoms with van der Waals surface area (Å²) >= 11 is 3.45. The van der Waals surface area contributed by atoms with Gasteiger partial charge in [-0.3, -0.25) is 5.10 Å². The van der Waals surface area contributed by atoms with Crippen molar-refractivity contribution in [1.29, 1.82) is 0 Å². The van der Waals surface area contributed by atoms with Crippen LogP contribution >= 0.6 is 15.9 Å². The van der Waals surface area contributed by atoms with Gasteiger partial charge in [-0.05, 0) is 54.6 Å². The maximum atomic E-state index is 10.9. The zero-order valence-electron chi connectivity index (χ0n) is 15.2. The number of hydrogen-bond donors (Lipinski definition) is 3. The number of aliphatic hydroxyl groups excluding tert-OH is 1. The molecule has 0 spiro atoms. The number of nitrogens with one attached hydrogen (secondary N) is 2. The van der Waals surface area contributed by atoms with Gasteiger partial charge >= 0.3 is 0 Å². The minimum absolute atomic E-state index is 0.0275. The molecular weight excluding hydrogens is 390 g/mol. The fraction of sp³-hybridized carbons (Fsp3) is 0.381. The molecule has 3 rings (SSSR count). The third-order valence-electron chi connectivity index (χ3n) is 4.69. The fourth-order valence-electron chi connectivity index (χ4n) is 3.36. The van der Waals surface area contributed by atoms with E-state index in [2.05, 4.69) is 57.4 Å². The maximum Gasteiger partial charge on any atom is 0.0943 e. The van der Waals surface area contributed by atoms with Gasteiger partial charge in [0.2, 0.25) is 0 Å². The van der Waals surface area contributed by atoms with E-state index >= 15 is 0 Å². The molecule has 0 unspecified atom stereocenters. The second-order valence-electron chi connectivity index (χ2n) is 7.18. The topological polar surface area (TPSA) is 60.9 Å². The maximum absolute atomic E-state index is 10.9. The van der Waals surface area contributed by atoms with Gasteiger partial charge in [0.1, 0.15) is 0 Å². The zero-order valence-corrected chi connectivity index (χ0v) is 16.8. The van der Waals surface area contributed by atoms with E-state index in [0.717, 1.165) is 34.9 Å². The fourth-order valence-corrected chi connectivity index (χ4v) is 3.63. The van der Waals surface area contributed by atoms with Crippen LogP contribution in [-0.4, -0.2) is 27.9 Å². The third kappa shape index (κ3) is 4.72. The summed E-state index contributed by atoms with van der Waals surface area (Å²) in [5, 5.41) is 22.8. The van der Waals surface area contributed by atoms with Crippen LogP contribution in [0, 0.1) is 5.92 Å². The first-order valence-corrected chi connectivity index (χ1v) is 9.92. The van der Waals surface area contributed by atoms with Crippen LogP contribution in [-0.2, 0) is 6.42 Å². The predicted octanol–water partition coefficient (Wildman–Crippen LogP) is 4.61. The second kappa shape index (κ2) is 8.80. The molecule has 0 aliphatic carbocycles. The minimum atomic E-state index is -0.518. The van der Waals surface area contributed by atoms with Gasteiger partial charge in [0.25, 0.3) is 0 Å². The van der Waals surface area contributed by atoms with Gasteiger partial charge in [-0.15, -0.1) is 0 Å². The molecule has 5 heteroatoms. The van der Waals surface area contributed by atoms with E-state index in [0.29, 0.717) is 5.92 Å². The standard InChI is InChI=1S/C21H26BrN3O/c1-14(2)12-20(21(26)16-6-8-17(22)9-7-16)23-11-10-15-4-3-5-19-18(15)13-24-25-19/h3-9,13-14,20-21,23,26H,10-12H2,1-2H3,(H,24,25)/t20-,21-/m0/s1. The van der Waals surface area contributed by atoms with Gasteiger partial charge in [0.05, 0.1) is 17.8 Å². The lowest BCUT2D eigenvalue weighted by Gasteiger charge is -2.26. The van der Waals surface area contributed by atoms with Crippen molar-refractivity contribution in [2.75, 3.05) is 6.54 Å². The number of rotatable bonds is 8. The van der Waals surface area contributed by atoms with Crippen molar-refractivity contribution in [3.63, 3.8) is 0 Å². The number of aliphatic hydroxyl groups is 1. The number of nitrogens with zero attached hydrogens (tertiary/aromatic N) is 1. The summed E-state index contributed by atoms with van der Waals surface area (Å²) in [7, 11) is 0. The SMILES string of the molecule is CC(C)C[C@H](NCCc1cccc2[nH]ncc12)[C@@H](O)c1ccc(Br)cc1. The van der Waals surface area contributed by atoms with Crippen molar-refractivity contribution in [3.05, 3.63) is 64.3 Å². The molecule has 0 saturated carbocycles. The first kappa shape index (κ1) is 19.1. The van der Waals surface area contributed by atoms with Gasteiger partial charge in [-0.25, -0.2) is 0 Å². The van der Waals surface area contributed by atoms with Gasteiger partial charge < -0.3 is 10.4 Å². The third-order valence-corrected chi connectivity index (χ3v) is 5.22. The van der Waals surface area contributed by atoms with Gasteiger partial charge in [0.15, 0.2) is 0 Å².